The maximum absolute atomic E-state index is 13.6. The summed E-state index contributed by atoms with van der Waals surface area (Å²) in [4.78, 5) is 14.5. The van der Waals surface area contributed by atoms with Crippen LogP contribution >= 0.6 is 11.8 Å². The summed E-state index contributed by atoms with van der Waals surface area (Å²) < 4.78 is 28.0. The number of hydrogen-bond acceptors (Lipinski definition) is 4. The number of nitrogens with zero attached hydrogens (tertiary/aromatic N) is 3. The van der Waals surface area contributed by atoms with Gasteiger partial charge in [0.1, 0.15) is 0 Å². The topological polar surface area (TPSA) is 68.0 Å². The van der Waals surface area contributed by atoms with E-state index in [1.54, 1.807) is 7.05 Å². The second-order valence-electron chi connectivity index (χ2n) is 3.63. The lowest BCUT2D eigenvalue weighted by Gasteiger charge is -1.97. The lowest BCUT2D eigenvalue weighted by molar-refractivity contribution is -0.133. The van der Waals surface area contributed by atoms with Gasteiger partial charge in [-0.3, -0.25) is 4.79 Å². The molecule has 0 bridgehead atoms. The Balaban J connectivity index is 2.34. The van der Waals surface area contributed by atoms with Gasteiger partial charge >= 0.3 is 5.97 Å². The molecule has 5 nitrogen and oxygen atoms in total. The number of thioether (sulfide) groups is 1. The number of halogens is 2. The summed E-state index contributed by atoms with van der Waals surface area (Å²) in [5, 5.41) is 12.8. The van der Waals surface area contributed by atoms with Crippen molar-refractivity contribution in [2.45, 2.75) is 5.16 Å². The maximum atomic E-state index is 13.6. The van der Waals surface area contributed by atoms with Gasteiger partial charge < -0.3 is 5.11 Å². The fourth-order valence-corrected chi connectivity index (χ4v) is 2.04. The first kappa shape index (κ1) is 13.5. The fourth-order valence-electron chi connectivity index (χ4n) is 1.41. The number of hydrogen-bond donors (Lipinski definition) is 1. The highest BCUT2D eigenvalue weighted by atomic mass is 32.2. The van der Waals surface area contributed by atoms with E-state index >= 15 is 0 Å². The Bertz CT molecular complexity index is 630. The van der Waals surface area contributed by atoms with Crippen LogP contribution in [0.15, 0.2) is 23.4 Å². The molecule has 2 rings (SSSR count). The largest absolute Gasteiger partial charge is 0.481 e. The Morgan fingerprint density at radius 1 is 1.47 bits per heavy atom. The first-order valence-electron chi connectivity index (χ1n) is 5.19. The lowest BCUT2D eigenvalue weighted by Crippen LogP contribution is -2.00. The summed E-state index contributed by atoms with van der Waals surface area (Å²) in [6, 6.07) is 3.72. The van der Waals surface area contributed by atoms with E-state index in [1.165, 1.54) is 16.8 Å². The molecule has 0 amide bonds. The highest BCUT2D eigenvalue weighted by molar-refractivity contribution is 7.99. The van der Waals surface area contributed by atoms with Crippen LogP contribution in [-0.4, -0.2) is 31.6 Å². The van der Waals surface area contributed by atoms with E-state index in [4.69, 9.17) is 5.11 Å². The molecular formula is C11H9F2N3O2S. The molecular weight excluding hydrogens is 276 g/mol. The number of rotatable bonds is 4. The van der Waals surface area contributed by atoms with E-state index in [9.17, 15) is 13.6 Å². The Morgan fingerprint density at radius 2 is 2.21 bits per heavy atom. The molecule has 0 aliphatic heterocycles. The molecule has 0 atom stereocenters. The summed E-state index contributed by atoms with van der Waals surface area (Å²) in [5.74, 6) is -3.16. The molecule has 0 aliphatic carbocycles. The summed E-state index contributed by atoms with van der Waals surface area (Å²) in [5.41, 5.74) is -0.0576. The third-order valence-electron chi connectivity index (χ3n) is 2.24. The second-order valence-corrected chi connectivity index (χ2v) is 4.57. The Morgan fingerprint density at radius 3 is 2.89 bits per heavy atom. The third-order valence-corrected chi connectivity index (χ3v) is 3.25. The van der Waals surface area contributed by atoms with E-state index in [2.05, 4.69) is 10.1 Å². The van der Waals surface area contributed by atoms with Gasteiger partial charge in [0.05, 0.1) is 11.3 Å². The van der Waals surface area contributed by atoms with Gasteiger partial charge in [0.25, 0.3) is 0 Å². The summed E-state index contributed by atoms with van der Waals surface area (Å²) >= 11 is 0.954. The van der Waals surface area contributed by atoms with Crippen molar-refractivity contribution in [3.8, 4) is 11.4 Å². The van der Waals surface area contributed by atoms with Crippen LogP contribution in [0.1, 0.15) is 0 Å². The summed E-state index contributed by atoms with van der Waals surface area (Å²) in [6.07, 6.45) is 0. The quantitative estimate of drug-likeness (QED) is 0.869. The van der Waals surface area contributed by atoms with Crippen molar-refractivity contribution in [3.63, 3.8) is 0 Å². The molecule has 8 heteroatoms. The van der Waals surface area contributed by atoms with Crippen LogP contribution in [0.4, 0.5) is 8.78 Å². The molecule has 0 aliphatic rings. The summed E-state index contributed by atoms with van der Waals surface area (Å²) in [6.45, 7) is 0. The number of aryl methyl sites for hydroxylation is 1. The highest BCUT2D eigenvalue weighted by Gasteiger charge is 2.16. The second kappa shape index (κ2) is 5.35. The highest BCUT2D eigenvalue weighted by Crippen LogP contribution is 2.24. The van der Waals surface area contributed by atoms with Gasteiger partial charge in [0.15, 0.2) is 22.6 Å². The first-order valence-corrected chi connectivity index (χ1v) is 6.17. The standard InChI is InChI=1S/C11H9F2N3O2S/c1-16-11(19-5-8(17)18)14-10(15-16)6-3-2-4-7(12)9(6)13/h2-4H,5H2,1H3,(H,17,18). The van der Waals surface area contributed by atoms with Crippen LogP contribution in [0.25, 0.3) is 11.4 Å². The molecule has 1 N–H and O–H groups in total. The van der Waals surface area contributed by atoms with E-state index in [1.807, 2.05) is 0 Å². The molecule has 0 saturated carbocycles. The van der Waals surface area contributed by atoms with E-state index < -0.39 is 17.6 Å². The predicted octanol–water partition coefficient (Wildman–Crippen LogP) is 1.94. The average Bonchev–Trinajstić information content (AvgIpc) is 2.71. The van der Waals surface area contributed by atoms with E-state index in [-0.39, 0.29) is 17.1 Å². The van der Waals surface area contributed by atoms with Crippen LogP contribution in [0.3, 0.4) is 0 Å². The minimum absolute atomic E-state index is 0.0207. The van der Waals surface area contributed by atoms with Crippen LogP contribution in [0.5, 0.6) is 0 Å². The molecule has 1 aromatic heterocycles. The van der Waals surface area contributed by atoms with Crippen LogP contribution < -0.4 is 0 Å². The molecule has 0 spiro atoms. The minimum Gasteiger partial charge on any atom is -0.481 e. The van der Waals surface area contributed by atoms with E-state index in [0.717, 1.165) is 17.8 Å². The average molecular weight is 285 g/mol. The molecule has 19 heavy (non-hydrogen) atoms. The molecule has 0 unspecified atom stereocenters. The third kappa shape index (κ3) is 2.90. The molecule has 1 heterocycles. The molecule has 0 fully saturated rings. The Kier molecular flexibility index (Phi) is 3.79. The number of carbonyl (C=O) groups is 1. The summed E-state index contributed by atoms with van der Waals surface area (Å²) in [7, 11) is 1.55. The van der Waals surface area contributed by atoms with Gasteiger partial charge in [0, 0.05) is 7.05 Å². The van der Waals surface area contributed by atoms with Gasteiger partial charge in [-0.05, 0) is 12.1 Å². The maximum Gasteiger partial charge on any atom is 0.313 e. The molecule has 1 aromatic carbocycles. The SMILES string of the molecule is Cn1nc(-c2cccc(F)c2F)nc1SCC(=O)O. The van der Waals surface area contributed by atoms with Crippen LogP contribution in [-0.2, 0) is 11.8 Å². The Hall–Kier alpha value is -1.96. The van der Waals surface area contributed by atoms with Gasteiger partial charge in [-0.15, -0.1) is 0 Å². The van der Waals surface area contributed by atoms with Crippen molar-refractivity contribution >= 4 is 17.7 Å². The predicted molar refractivity (Wildman–Crippen MR) is 64.7 cm³/mol. The number of carboxylic acids is 1. The zero-order chi connectivity index (χ0) is 14.0. The lowest BCUT2D eigenvalue weighted by atomic mass is 10.2. The van der Waals surface area contributed by atoms with E-state index in [0.29, 0.717) is 5.16 Å². The monoisotopic (exact) mass is 285 g/mol. The van der Waals surface area contributed by atoms with Crippen molar-refractivity contribution in [3.05, 3.63) is 29.8 Å². The van der Waals surface area contributed by atoms with Crippen molar-refractivity contribution in [1.29, 1.82) is 0 Å². The Labute approximate surface area is 111 Å². The van der Waals surface area contributed by atoms with Crippen LogP contribution in [0, 0.1) is 11.6 Å². The number of aromatic nitrogens is 3. The smallest absolute Gasteiger partial charge is 0.313 e. The zero-order valence-electron chi connectivity index (χ0n) is 9.80. The first-order chi connectivity index (χ1) is 8.99. The number of benzene rings is 1. The molecule has 0 saturated heterocycles. The van der Waals surface area contributed by atoms with Gasteiger partial charge in [0.2, 0.25) is 0 Å². The van der Waals surface area contributed by atoms with Crippen molar-refractivity contribution < 1.29 is 18.7 Å². The number of carboxylic acid groups (broad SMARTS) is 1. The fraction of sp³-hybridized carbons (Fsp3) is 0.182. The molecule has 2 aromatic rings. The normalized spacial score (nSPS) is 10.7. The van der Waals surface area contributed by atoms with Crippen molar-refractivity contribution in [2.24, 2.45) is 7.05 Å². The molecule has 0 radical (unpaired) electrons. The zero-order valence-corrected chi connectivity index (χ0v) is 10.6. The van der Waals surface area contributed by atoms with Gasteiger partial charge in [-0.1, -0.05) is 17.8 Å². The number of aliphatic carboxylic acids is 1. The van der Waals surface area contributed by atoms with Crippen molar-refractivity contribution in [2.75, 3.05) is 5.75 Å². The van der Waals surface area contributed by atoms with Crippen LogP contribution in [0.2, 0.25) is 0 Å². The van der Waals surface area contributed by atoms with Gasteiger partial charge in [-0.2, -0.15) is 5.10 Å². The van der Waals surface area contributed by atoms with Gasteiger partial charge in [-0.25, -0.2) is 18.4 Å². The minimum atomic E-state index is -1.03. The van der Waals surface area contributed by atoms with Crippen molar-refractivity contribution in [1.82, 2.24) is 14.8 Å². The molecule has 100 valence electrons.